The van der Waals surface area contributed by atoms with Gasteiger partial charge in [0.1, 0.15) is 5.60 Å². The molecule has 2 aromatic carbocycles. The van der Waals surface area contributed by atoms with Gasteiger partial charge in [0.25, 0.3) is 5.69 Å². The fourth-order valence-electron chi connectivity index (χ4n) is 3.77. The van der Waals surface area contributed by atoms with Gasteiger partial charge in [-0.3, -0.25) is 15.0 Å². The second-order valence-electron chi connectivity index (χ2n) is 7.69. The molecule has 150 valence electrons. The van der Waals surface area contributed by atoms with E-state index in [2.05, 4.69) is 5.16 Å². The molecule has 8 heteroatoms. The molecule has 0 spiro atoms. The Morgan fingerprint density at radius 1 is 1.17 bits per heavy atom. The van der Waals surface area contributed by atoms with Crippen LogP contribution in [0.2, 0.25) is 0 Å². The van der Waals surface area contributed by atoms with Crippen molar-refractivity contribution < 1.29 is 19.3 Å². The Bertz CT molecular complexity index is 956. The van der Waals surface area contributed by atoms with E-state index in [1.807, 2.05) is 44.2 Å². The molecule has 8 nitrogen and oxygen atoms in total. The number of nitro groups is 1. The number of rotatable bonds is 5. The SMILES string of the molecule is CC1(C)OC(=O)N(C2CC(c3ccc([N+](=O)[O-])cc3)=NO2)[C@H]1Cc1ccccc1. The molecule has 2 heterocycles. The Morgan fingerprint density at radius 3 is 2.52 bits per heavy atom. The number of nitro benzene ring substituents is 1. The summed E-state index contributed by atoms with van der Waals surface area (Å²) >= 11 is 0. The molecule has 29 heavy (non-hydrogen) atoms. The van der Waals surface area contributed by atoms with Crippen LogP contribution in [-0.2, 0) is 16.0 Å². The minimum Gasteiger partial charge on any atom is -0.441 e. The lowest BCUT2D eigenvalue weighted by atomic mass is 9.91. The summed E-state index contributed by atoms with van der Waals surface area (Å²) in [6.45, 7) is 3.79. The second-order valence-corrected chi connectivity index (χ2v) is 7.69. The van der Waals surface area contributed by atoms with Crippen molar-refractivity contribution in [2.45, 2.75) is 44.6 Å². The summed E-state index contributed by atoms with van der Waals surface area (Å²) in [5.41, 5.74) is 1.80. The van der Waals surface area contributed by atoms with Crippen molar-refractivity contribution in [1.82, 2.24) is 4.90 Å². The topological polar surface area (TPSA) is 94.3 Å². The molecule has 0 saturated carbocycles. The molecule has 2 aromatic rings. The second kappa shape index (κ2) is 7.20. The largest absolute Gasteiger partial charge is 0.441 e. The van der Waals surface area contributed by atoms with Gasteiger partial charge in [-0.2, -0.15) is 0 Å². The smallest absolute Gasteiger partial charge is 0.413 e. The summed E-state index contributed by atoms with van der Waals surface area (Å²) in [4.78, 5) is 30.2. The minimum atomic E-state index is -0.674. The number of hydrogen-bond donors (Lipinski definition) is 0. The minimum absolute atomic E-state index is 0.0117. The number of oxime groups is 1. The Hall–Kier alpha value is -3.42. The third kappa shape index (κ3) is 3.65. The molecule has 0 radical (unpaired) electrons. The molecule has 2 aliphatic heterocycles. The summed E-state index contributed by atoms with van der Waals surface area (Å²) in [6, 6.07) is 15.8. The highest BCUT2D eigenvalue weighted by molar-refractivity contribution is 6.01. The number of benzene rings is 2. The molecule has 0 aliphatic carbocycles. The average molecular weight is 395 g/mol. The van der Waals surface area contributed by atoms with Crippen LogP contribution in [-0.4, -0.2) is 39.5 Å². The molecule has 2 atom stereocenters. The monoisotopic (exact) mass is 395 g/mol. The van der Waals surface area contributed by atoms with Gasteiger partial charge < -0.3 is 9.57 Å². The zero-order valence-corrected chi connectivity index (χ0v) is 16.1. The number of ether oxygens (including phenoxy) is 1. The Balaban J connectivity index is 1.52. The molecule has 0 aromatic heterocycles. The number of non-ortho nitro benzene ring substituents is 1. The van der Waals surface area contributed by atoms with E-state index in [1.165, 1.54) is 12.1 Å². The highest BCUT2D eigenvalue weighted by atomic mass is 16.7. The van der Waals surface area contributed by atoms with E-state index >= 15 is 0 Å². The van der Waals surface area contributed by atoms with Crippen molar-refractivity contribution in [3.05, 3.63) is 75.8 Å². The van der Waals surface area contributed by atoms with E-state index in [0.717, 1.165) is 11.1 Å². The highest BCUT2D eigenvalue weighted by Crippen LogP contribution is 2.36. The Kier molecular flexibility index (Phi) is 4.70. The summed E-state index contributed by atoms with van der Waals surface area (Å²) in [5.74, 6) is 0. The molecule has 1 unspecified atom stereocenters. The van der Waals surface area contributed by atoms with Crippen molar-refractivity contribution in [1.29, 1.82) is 0 Å². The quantitative estimate of drug-likeness (QED) is 0.565. The van der Waals surface area contributed by atoms with Gasteiger partial charge in [0.05, 0.1) is 23.1 Å². The van der Waals surface area contributed by atoms with Crippen LogP contribution in [0.1, 0.15) is 31.4 Å². The van der Waals surface area contributed by atoms with Gasteiger partial charge in [0.2, 0.25) is 6.23 Å². The van der Waals surface area contributed by atoms with E-state index in [9.17, 15) is 14.9 Å². The number of amides is 1. The van der Waals surface area contributed by atoms with Gasteiger partial charge in [-0.15, -0.1) is 0 Å². The first-order valence-corrected chi connectivity index (χ1v) is 9.38. The first-order valence-electron chi connectivity index (χ1n) is 9.38. The predicted octanol–water partition coefficient (Wildman–Crippen LogP) is 3.89. The Labute approximate surface area is 167 Å². The number of carbonyl (C=O) groups is 1. The average Bonchev–Trinajstić information content (AvgIpc) is 3.25. The first kappa shape index (κ1) is 18.9. The number of nitrogens with zero attached hydrogens (tertiary/aromatic N) is 3. The highest BCUT2D eigenvalue weighted by Gasteiger charge is 2.52. The lowest BCUT2D eigenvalue weighted by Crippen LogP contribution is -2.48. The molecule has 0 N–H and O–H groups in total. The number of cyclic esters (lactones) is 1. The van der Waals surface area contributed by atoms with Crippen LogP contribution in [0, 0.1) is 10.1 Å². The normalized spacial score (nSPS) is 22.8. The molecular formula is C21H21N3O5. The van der Waals surface area contributed by atoms with E-state index in [0.29, 0.717) is 18.6 Å². The lowest BCUT2D eigenvalue weighted by Gasteiger charge is -2.31. The van der Waals surface area contributed by atoms with Crippen molar-refractivity contribution in [2.24, 2.45) is 5.16 Å². The van der Waals surface area contributed by atoms with E-state index < -0.39 is 22.8 Å². The van der Waals surface area contributed by atoms with Crippen LogP contribution < -0.4 is 0 Å². The first-order chi connectivity index (χ1) is 13.8. The van der Waals surface area contributed by atoms with Crippen LogP contribution in [0.3, 0.4) is 0 Å². The van der Waals surface area contributed by atoms with Crippen LogP contribution in [0.4, 0.5) is 10.5 Å². The van der Waals surface area contributed by atoms with E-state index in [1.54, 1.807) is 17.0 Å². The van der Waals surface area contributed by atoms with Gasteiger partial charge >= 0.3 is 6.09 Å². The van der Waals surface area contributed by atoms with Crippen molar-refractivity contribution in [3.63, 3.8) is 0 Å². The lowest BCUT2D eigenvalue weighted by molar-refractivity contribution is -0.384. The van der Waals surface area contributed by atoms with Gasteiger partial charge in [0.15, 0.2) is 0 Å². The Morgan fingerprint density at radius 2 is 1.86 bits per heavy atom. The van der Waals surface area contributed by atoms with Gasteiger partial charge in [-0.05, 0) is 38.0 Å². The fourth-order valence-corrected chi connectivity index (χ4v) is 3.77. The van der Waals surface area contributed by atoms with E-state index in [-0.39, 0.29) is 11.7 Å². The molecule has 0 bridgehead atoms. The summed E-state index contributed by atoms with van der Waals surface area (Å²) in [5, 5.41) is 15.0. The van der Waals surface area contributed by atoms with Crippen molar-refractivity contribution >= 4 is 17.5 Å². The maximum atomic E-state index is 12.6. The predicted molar refractivity (Wildman–Crippen MR) is 105 cm³/mol. The third-order valence-corrected chi connectivity index (χ3v) is 5.35. The zero-order valence-electron chi connectivity index (χ0n) is 16.1. The molecule has 1 amide bonds. The number of carbonyl (C=O) groups excluding carboxylic acids is 1. The van der Waals surface area contributed by atoms with Crippen LogP contribution in [0.15, 0.2) is 59.8 Å². The standard InChI is InChI=1S/C21H21N3O5/c1-21(2)18(12-14-6-4-3-5-7-14)23(20(25)28-21)19-13-17(22-29-19)15-8-10-16(11-9-15)24(26)27/h3-11,18-19H,12-13H2,1-2H3/t18-,19?/m0/s1. The molecule has 1 fully saturated rings. The van der Waals surface area contributed by atoms with Crippen LogP contribution in [0.25, 0.3) is 0 Å². The fraction of sp³-hybridized carbons (Fsp3) is 0.333. The summed E-state index contributed by atoms with van der Waals surface area (Å²) in [7, 11) is 0. The maximum Gasteiger partial charge on any atom is 0.413 e. The van der Waals surface area contributed by atoms with E-state index in [4.69, 9.17) is 9.57 Å². The molecule has 4 rings (SSSR count). The summed E-state index contributed by atoms with van der Waals surface area (Å²) < 4.78 is 5.62. The molecule has 1 saturated heterocycles. The van der Waals surface area contributed by atoms with Gasteiger partial charge in [-0.1, -0.05) is 35.5 Å². The van der Waals surface area contributed by atoms with Gasteiger partial charge in [-0.25, -0.2) is 4.79 Å². The van der Waals surface area contributed by atoms with Crippen molar-refractivity contribution in [3.8, 4) is 0 Å². The number of hydrogen-bond acceptors (Lipinski definition) is 6. The van der Waals surface area contributed by atoms with Crippen molar-refractivity contribution in [2.75, 3.05) is 0 Å². The van der Waals surface area contributed by atoms with Crippen LogP contribution in [0.5, 0.6) is 0 Å². The summed E-state index contributed by atoms with van der Waals surface area (Å²) in [6.07, 6.45) is 0.00453. The molecule has 2 aliphatic rings. The maximum absolute atomic E-state index is 12.6. The third-order valence-electron chi connectivity index (χ3n) is 5.35. The van der Waals surface area contributed by atoms with Crippen LogP contribution >= 0.6 is 0 Å². The zero-order chi connectivity index (χ0) is 20.6. The van der Waals surface area contributed by atoms with Gasteiger partial charge in [0, 0.05) is 17.7 Å². The molecular weight excluding hydrogens is 374 g/mol.